The standard InChI is InChI=1S/C22H26O4.C2H6O2/c1-4-19(23)25-21(17-12-8-6-9-13-17)16(3)22(26-20(24)5-2)18-14-10-7-11-15-18;3-1-2-4/h6-16,21-22H,4-5H2,1-3H3;3-4H,1-2H2. The third-order valence-corrected chi connectivity index (χ3v) is 4.41. The van der Waals surface area contributed by atoms with Gasteiger partial charge in [-0.15, -0.1) is 0 Å². The molecule has 0 fully saturated rings. The zero-order valence-corrected chi connectivity index (χ0v) is 17.9. The van der Waals surface area contributed by atoms with E-state index in [9.17, 15) is 9.59 Å². The van der Waals surface area contributed by atoms with Gasteiger partial charge in [-0.25, -0.2) is 0 Å². The number of aliphatic hydroxyl groups excluding tert-OH is 2. The van der Waals surface area contributed by atoms with Crippen molar-refractivity contribution in [1.29, 1.82) is 0 Å². The van der Waals surface area contributed by atoms with E-state index >= 15 is 0 Å². The molecule has 0 aliphatic carbocycles. The number of hydrogen-bond acceptors (Lipinski definition) is 6. The Balaban J connectivity index is 0.00000103. The topological polar surface area (TPSA) is 93.1 Å². The zero-order valence-electron chi connectivity index (χ0n) is 17.9. The lowest BCUT2D eigenvalue weighted by atomic mass is 9.88. The fourth-order valence-electron chi connectivity index (χ4n) is 2.85. The van der Waals surface area contributed by atoms with Gasteiger partial charge >= 0.3 is 11.9 Å². The molecule has 0 heterocycles. The number of esters is 2. The monoisotopic (exact) mass is 416 g/mol. The molecule has 0 spiro atoms. The van der Waals surface area contributed by atoms with Crippen LogP contribution < -0.4 is 0 Å². The third kappa shape index (κ3) is 8.35. The summed E-state index contributed by atoms with van der Waals surface area (Å²) in [6.07, 6.45) is -0.418. The number of rotatable bonds is 9. The average Bonchev–Trinajstić information content (AvgIpc) is 2.81. The molecule has 2 aromatic rings. The molecule has 2 N–H and O–H groups in total. The molecule has 2 aromatic carbocycles. The maximum atomic E-state index is 12.0. The minimum Gasteiger partial charge on any atom is -0.457 e. The maximum Gasteiger partial charge on any atom is 0.306 e. The molecule has 30 heavy (non-hydrogen) atoms. The van der Waals surface area contributed by atoms with E-state index in [-0.39, 0.29) is 31.1 Å². The molecule has 0 aromatic heterocycles. The SMILES string of the molecule is CCC(=O)OC(c1ccccc1)C(C)C(OC(=O)CC)c1ccccc1.OCCO. The van der Waals surface area contributed by atoms with Gasteiger partial charge < -0.3 is 19.7 Å². The Kier molecular flexibility index (Phi) is 12.1. The van der Waals surface area contributed by atoms with E-state index in [4.69, 9.17) is 19.7 Å². The van der Waals surface area contributed by atoms with Gasteiger partial charge in [-0.1, -0.05) is 81.4 Å². The summed E-state index contributed by atoms with van der Waals surface area (Å²) in [5.41, 5.74) is 1.77. The number of carbonyl (C=O) groups excluding carboxylic acids is 2. The largest absolute Gasteiger partial charge is 0.457 e. The molecule has 164 valence electrons. The van der Waals surface area contributed by atoms with Crippen LogP contribution in [0.15, 0.2) is 60.7 Å². The first kappa shape index (κ1) is 25.3. The van der Waals surface area contributed by atoms with Crippen molar-refractivity contribution in [3.05, 3.63) is 71.8 Å². The number of ether oxygens (including phenoxy) is 2. The van der Waals surface area contributed by atoms with E-state index in [1.807, 2.05) is 67.6 Å². The van der Waals surface area contributed by atoms with Gasteiger partial charge in [0.2, 0.25) is 0 Å². The van der Waals surface area contributed by atoms with Gasteiger partial charge in [0.15, 0.2) is 0 Å². The van der Waals surface area contributed by atoms with E-state index < -0.39 is 12.2 Å². The fourth-order valence-corrected chi connectivity index (χ4v) is 2.85. The van der Waals surface area contributed by atoms with Gasteiger partial charge in [0.1, 0.15) is 12.2 Å². The third-order valence-electron chi connectivity index (χ3n) is 4.41. The van der Waals surface area contributed by atoms with Crippen molar-refractivity contribution in [1.82, 2.24) is 0 Å². The highest BCUT2D eigenvalue weighted by Gasteiger charge is 2.33. The van der Waals surface area contributed by atoms with Gasteiger partial charge in [0, 0.05) is 18.8 Å². The van der Waals surface area contributed by atoms with Gasteiger partial charge in [0.25, 0.3) is 0 Å². The van der Waals surface area contributed by atoms with Crippen LogP contribution in [0.1, 0.15) is 56.9 Å². The van der Waals surface area contributed by atoms with Crippen molar-refractivity contribution in [3.8, 4) is 0 Å². The number of benzene rings is 2. The molecule has 2 rings (SSSR count). The quantitative estimate of drug-likeness (QED) is 0.601. The molecule has 0 aliphatic rings. The zero-order chi connectivity index (χ0) is 22.4. The summed E-state index contributed by atoms with van der Waals surface area (Å²) >= 11 is 0. The normalized spacial score (nSPS) is 13.2. The molecule has 0 saturated heterocycles. The van der Waals surface area contributed by atoms with Gasteiger partial charge in [-0.05, 0) is 11.1 Å². The lowest BCUT2D eigenvalue weighted by molar-refractivity contribution is -0.162. The minimum absolute atomic E-state index is 0.125. The van der Waals surface area contributed by atoms with Crippen LogP contribution in [-0.4, -0.2) is 35.4 Å². The second-order valence-corrected chi connectivity index (χ2v) is 6.66. The van der Waals surface area contributed by atoms with Crippen molar-refractivity contribution in [2.24, 2.45) is 5.92 Å². The molecule has 0 amide bonds. The molecular formula is C24H32O6. The van der Waals surface area contributed by atoms with Crippen molar-refractivity contribution in [2.75, 3.05) is 13.2 Å². The highest BCUT2D eigenvalue weighted by Crippen LogP contribution is 2.38. The predicted molar refractivity (Wildman–Crippen MR) is 114 cm³/mol. The molecule has 6 nitrogen and oxygen atoms in total. The highest BCUT2D eigenvalue weighted by molar-refractivity contribution is 5.70. The van der Waals surface area contributed by atoms with Crippen LogP contribution in [0.4, 0.5) is 0 Å². The number of hydrogen-bond donors (Lipinski definition) is 2. The smallest absolute Gasteiger partial charge is 0.306 e. The number of carbonyl (C=O) groups is 2. The molecule has 0 saturated carbocycles. The average molecular weight is 417 g/mol. The van der Waals surface area contributed by atoms with E-state index in [2.05, 4.69) is 0 Å². The highest BCUT2D eigenvalue weighted by atomic mass is 16.6. The summed E-state index contributed by atoms with van der Waals surface area (Å²) in [4.78, 5) is 24.0. The van der Waals surface area contributed by atoms with Crippen molar-refractivity contribution >= 4 is 11.9 Å². The van der Waals surface area contributed by atoms with E-state index in [1.165, 1.54) is 0 Å². The predicted octanol–water partition coefficient (Wildman–Crippen LogP) is 3.98. The first-order chi connectivity index (χ1) is 14.5. The Morgan fingerprint density at radius 3 is 1.33 bits per heavy atom. The minimum atomic E-state index is -0.501. The Labute approximate surface area is 178 Å². The molecule has 6 heteroatoms. The van der Waals surface area contributed by atoms with E-state index in [0.29, 0.717) is 12.8 Å². The summed E-state index contributed by atoms with van der Waals surface area (Å²) in [5.74, 6) is -0.801. The lowest BCUT2D eigenvalue weighted by Crippen LogP contribution is -2.26. The summed E-state index contributed by atoms with van der Waals surface area (Å²) in [7, 11) is 0. The molecular weight excluding hydrogens is 384 g/mol. The van der Waals surface area contributed by atoms with Crippen LogP contribution in [0, 0.1) is 5.92 Å². The lowest BCUT2D eigenvalue weighted by Gasteiger charge is -2.31. The van der Waals surface area contributed by atoms with Crippen LogP contribution in [0.5, 0.6) is 0 Å². The van der Waals surface area contributed by atoms with E-state index in [0.717, 1.165) is 11.1 Å². The van der Waals surface area contributed by atoms with Gasteiger partial charge in [0.05, 0.1) is 13.2 Å². The van der Waals surface area contributed by atoms with Crippen LogP contribution in [0.3, 0.4) is 0 Å². The van der Waals surface area contributed by atoms with Crippen LogP contribution in [0.25, 0.3) is 0 Å². The fraction of sp³-hybridized carbons (Fsp3) is 0.417. The maximum absolute atomic E-state index is 12.0. The van der Waals surface area contributed by atoms with Crippen molar-refractivity contribution < 1.29 is 29.3 Å². The van der Waals surface area contributed by atoms with E-state index in [1.54, 1.807) is 13.8 Å². The molecule has 0 aliphatic heterocycles. The summed E-state index contributed by atoms with van der Waals surface area (Å²) in [5, 5.41) is 15.2. The second kappa shape index (κ2) is 14.3. The van der Waals surface area contributed by atoms with Crippen molar-refractivity contribution in [2.45, 2.75) is 45.8 Å². The van der Waals surface area contributed by atoms with Gasteiger partial charge in [-0.2, -0.15) is 0 Å². The summed E-state index contributed by atoms with van der Waals surface area (Å²) in [6, 6.07) is 19.2. The molecule has 2 unspecified atom stereocenters. The van der Waals surface area contributed by atoms with Crippen LogP contribution in [0.2, 0.25) is 0 Å². The van der Waals surface area contributed by atoms with Crippen LogP contribution >= 0.6 is 0 Å². The van der Waals surface area contributed by atoms with Crippen LogP contribution in [-0.2, 0) is 19.1 Å². The summed E-state index contributed by atoms with van der Waals surface area (Å²) in [6.45, 7) is 5.23. The number of aliphatic hydroxyl groups is 2. The summed E-state index contributed by atoms with van der Waals surface area (Å²) < 4.78 is 11.5. The Morgan fingerprint density at radius 1 is 0.733 bits per heavy atom. The second-order valence-electron chi connectivity index (χ2n) is 6.66. The first-order valence-corrected chi connectivity index (χ1v) is 10.2. The Morgan fingerprint density at radius 2 is 1.07 bits per heavy atom. The molecule has 0 bridgehead atoms. The Bertz CT molecular complexity index is 668. The Hall–Kier alpha value is -2.70. The van der Waals surface area contributed by atoms with Gasteiger partial charge in [-0.3, -0.25) is 9.59 Å². The molecule has 0 radical (unpaired) electrons. The first-order valence-electron chi connectivity index (χ1n) is 10.2. The molecule has 2 atom stereocenters. The van der Waals surface area contributed by atoms with Crippen molar-refractivity contribution in [3.63, 3.8) is 0 Å².